The summed E-state index contributed by atoms with van der Waals surface area (Å²) in [4.78, 5) is 23.7. The molecule has 0 spiro atoms. The number of halogens is 1. The average Bonchev–Trinajstić information content (AvgIpc) is 2.86. The maximum Gasteiger partial charge on any atom is 0.255 e. The number of amides is 2. The van der Waals surface area contributed by atoms with Crippen LogP contribution in [0.5, 0.6) is 0 Å². The van der Waals surface area contributed by atoms with Crippen molar-refractivity contribution in [3.05, 3.63) is 52.3 Å². The van der Waals surface area contributed by atoms with Crippen molar-refractivity contribution in [2.24, 2.45) is 12.8 Å². The summed E-state index contributed by atoms with van der Waals surface area (Å²) in [5.41, 5.74) is 6.34. The fraction of sp³-hybridized carbons (Fsp3) is 0.267. The largest absolute Gasteiger partial charge is 0.381 e. The van der Waals surface area contributed by atoms with E-state index in [0.717, 1.165) is 5.56 Å². The van der Waals surface area contributed by atoms with Gasteiger partial charge in [0.15, 0.2) is 6.10 Å². The molecule has 0 fully saturated rings. The lowest BCUT2D eigenvalue weighted by molar-refractivity contribution is -0.127. The Bertz CT molecular complexity index is 702. The third-order valence-electron chi connectivity index (χ3n) is 3.40. The van der Waals surface area contributed by atoms with Crippen molar-refractivity contribution in [2.45, 2.75) is 18.6 Å². The van der Waals surface area contributed by atoms with Gasteiger partial charge in [-0.1, -0.05) is 30.3 Å². The third kappa shape index (κ3) is 4.17. The van der Waals surface area contributed by atoms with Gasteiger partial charge in [0, 0.05) is 7.05 Å². The number of nitrogens with one attached hydrogen (secondary N) is 1. The molecule has 2 rings (SSSR count). The van der Waals surface area contributed by atoms with Crippen molar-refractivity contribution in [3.63, 3.8) is 0 Å². The normalized spacial score (nSPS) is 13.3. The van der Waals surface area contributed by atoms with Gasteiger partial charge in [-0.25, -0.2) is 0 Å². The van der Waals surface area contributed by atoms with Crippen LogP contribution in [0.25, 0.3) is 0 Å². The Labute approximate surface area is 141 Å². The van der Waals surface area contributed by atoms with E-state index in [4.69, 9.17) is 5.73 Å². The van der Waals surface area contributed by atoms with Crippen LogP contribution in [-0.4, -0.2) is 38.8 Å². The van der Waals surface area contributed by atoms with Crippen LogP contribution >= 0.6 is 15.9 Å². The molecule has 1 aromatic heterocycles. The van der Waals surface area contributed by atoms with Gasteiger partial charge in [0.05, 0.1) is 17.8 Å². The fourth-order valence-corrected chi connectivity index (χ4v) is 2.50. The van der Waals surface area contributed by atoms with E-state index in [0.29, 0.717) is 10.2 Å². The number of rotatable bonds is 6. The number of hydrogen-bond acceptors (Lipinski definition) is 4. The van der Waals surface area contributed by atoms with Gasteiger partial charge < -0.3 is 16.2 Å². The summed E-state index contributed by atoms with van der Waals surface area (Å²) in [6.45, 7) is 0. The van der Waals surface area contributed by atoms with Crippen molar-refractivity contribution in [2.75, 3.05) is 0 Å². The number of aromatic nitrogens is 2. The van der Waals surface area contributed by atoms with Gasteiger partial charge in [0.1, 0.15) is 4.60 Å². The molecule has 0 saturated heterocycles. The molecule has 1 aromatic carbocycles. The number of aliphatic hydroxyl groups is 1. The summed E-state index contributed by atoms with van der Waals surface area (Å²) in [7, 11) is 1.68. The molecule has 2 aromatic rings. The Kier molecular flexibility index (Phi) is 5.51. The van der Waals surface area contributed by atoms with E-state index in [9.17, 15) is 14.7 Å². The van der Waals surface area contributed by atoms with Crippen LogP contribution in [0.1, 0.15) is 15.9 Å². The second-order valence-corrected chi connectivity index (χ2v) is 5.84. The molecule has 1 heterocycles. The van der Waals surface area contributed by atoms with Gasteiger partial charge in [-0.2, -0.15) is 5.10 Å². The van der Waals surface area contributed by atoms with Crippen LogP contribution in [0.2, 0.25) is 0 Å². The number of carbonyl (C=O) groups excluding carboxylic acids is 2. The monoisotopic (exact) mass is 380 g/mol. The van der Waals surface area contributed by atoms with Crippen molar-refractivity contribution in [1.82, 2.24) is 15.1 Å². The Morgan fingerprint density at radius 1 is 1.39 bits per heavy atom. The van der Waals surface area contributed by atoms with E-state index in [-0.39, 0.29) is 6.42 Å². The number of benzene rings is 1. The number of aryl methyl sites for hydroxylation is 1. The zero-order chi connectivity index (χ0) is 17.0. The SMILES string of the molecule is Cn1ncc(C(=O)N[C@@H](Cc2ccccc2)C(O)C(N)=O)c1Br. The number of primary amides is 1. The highest BCUT2D eigenvalue weighted by molar-refractivity contribution is 9.10. The Morgan fingerprint density at radius 2 is 2.04 bits per heavy atom. The van der Waals surface area contributed by atoms with E-state index in [1.54, 1.807) is 7.05 Å². The molecule has 0 radical (unpaired) electrons. The van der Waals surface area contributed by atoms with E-state index in [1.165, 1.54) is 10.9 Å². The lowest BCUT2D eigenvalue weighted by Crippen LogP contribution is -2.50. The predicted molar refractivity (Wildman–Crippen MR) is 87.5 cm³/mol. The maximum absolute atomic E-state index is 12.3. The molecule has 0 aliphatic carbocycles. The summed E-state index contributed by atoms with van der Waals surface area (Å²) >= 11 is 3.26. The molecule has 8 heteroatoms. The smallest absolute Gasteiger partial charge is 0.255 e. The summed E-state index contributed by atoms with van der Waals surface area (Å²) in [5.74, 6) is -1.34. The number of nitrogens with zero attached hydrogens (tertiary/aromatic N) is 2. The zero-order valence-electron chi connectivity index (χ0n) is 12.4. The molecule has 0 aliphatic rings. The summed E-state index contributed by atoms with van der Waals surface area (Å²) in [6.07, 6.45) is 0.180. The first-order chi connectivity index (χ1) is 10.9. The zero-order valence-corrected chi connectivity index (χ0v) is 14.0. The Balaban J connectivity index is 2.19. The van der Waals surface area contributed by atoms with Crippen LogP contribution in [-0.2, 0) is 18.3 Å². The van der Waals surface area contributed by atoms with Gasteiger partial charge in [-0.05, 0) is 27.9 Å². The summed E-state index contributed by atoms with van der Waals surface area (Å²) in [5, 5.41) is 16.6. The quantitative estimate of drug-likeness (QED) is 0.672. The van der Waals surface area contributed by atoms with Gasteiger partial charge in [-0.15, -0.1) is 0 Å². The van der Waals surface area contributed by atoms with E-state index < -0.39 is 24.0 Å². The highest BCUT2D eigenvalue weighted by Gasteiger charge is 2.27. The molecular formula is C15H17BrN4O3. The predicted octanol–water partition coefficient (Wildman–Crippen LogP) is 0.370. The molecule has 0 aliphatic heterocycles. The standard InChI is InChI=1S/C15H17BrN4O3/c1-20-13(16)10(8-18-20)15(23)19-11(12(21)14(17)22)7-9-5-3-2-4-6-9/h2-6,8,11-12,21H,7H2,1H3,(H2,17,22)(H,19,23)/t11-,12?/m0/s1. The molecular weight excluding hydrogens is 364 g/mol. The first-order valence-electron chi connectivity index (χ1n) is 6.89. The number of nitrogens with two attached hydrogens (primary N) is 1. The molecule has 0 bridgehead atoms. The lowest BCUT2D eigenvalue weighted by Gasteiger charge is -2.22. The van der Waals surface area contributed by atoms with Crippen molar-refractivity contribution in [3.8, 4) is 0 Å². The molecule has 23 heavy (non-hydrogen) atoms. The van der Waals surface area contributed by atoms with Crippen LogP contribution < -0.4 is 11.1 Å². The van der Waals surface area contributed by atoms with Crippen molar-refractivity contribution in [1.29, 1.82) is 0 Å². The minimum Gasteiger partial charge on any atom is -0.381 e. The van der Waals surface area contributed by atoms with Crippen LogP contribution in [0.15, 0.2) is 41.1 Å². The second-order valence-electron chi connectivity index (χ2n) is 5.09. The van der Waals surface area contributed by atoms with Crippen molar-refractivity contribution >= 4 is 27.7 Å². The first-order valence-corrected chi connectivity index (χ1v) is 7.69. The van der Waals surface area contributed by atoms with Crippen LogP contribution in [0.3, 0.4) is 0 Å². The Hall–Kier alpha value is -2.19. The van der Waals surface area contributed by atoms with Gasteiger partial charge in [-0.3, -0.25) is 14.3 Å². The second kappa shape index (κ2) is 7.38. The van der Waals surface area contributed by atoms with Crippen LogP contribution in [0, 0.1) is 0 Å². The Morgan fingerprint density at radius 3 is 2.57 bits per heavy atom. The van der Waals surface area contributed by atoms with E-state index in [2.05, 4.69) is 26.3 Å². The maximum atomic E-state index is 12.3. The molecule has 2 atom stereocenters. The molecule has 1 unspecified atom stereocenters. The van der Waals surface area contributed by atoms with Crippen LogP contribution in [0.4, 0.5) is 0 Å². The highest BCUT2D eigenvalue weighted by Crippen LogP contribution is 2.15. The molecule has 0 saturated carbocycles. The van der Waals surface area contributed by atoms with Gasteiger partial charge >= 0.3 is 0 Å². The minimum absolute atomic E-state index is 0.272. The lowest BCUT2D eigenvalue weighted by atomic mass is 10.0. The van der Waals surface area contributed by atoms with E-state index >= 15 is 0 Å². The molecule has 122 valence electrons. The summed E-state index contributed by atoms with van der Waals surface area (Å²) in [6, 6.07) is 8.37. The minimum atomic E-state index is -1.49. The molecule has 2 amide bonds. The highest BCUT2D eigenvalue weighted by atomic mass is 79.9. The van der Waals surface area contributed by atoms with Gasteiger partial charge in [0.25, 0.3) is 5.91 Å². The third-order valence-corrected chi connectivity index (χ3v) is 4.34. The topological polar surface area (TPSA) is 110 Å². The van der Waals surface area contributed by atoms with Gasteiger partial charge in [0.2, 0.25) is 5.91 Å². The number of carbonyl (C=O) groups is 2. The number of aliphatic hydroxyl groups excluding tert-OH is 1. The first kappa shape index (κ1) is 17.2. The number of hydrogen-bond donors (Lipinski definition) is 3. The average molecular weight is 381 g/mol. The molecule has 4 N–H and O–H groups in total. The summed E-state index contributed by atoms with van der Waals surface area (Å²) < 4.78 is 1.99. The van der Waals surface area contributed by atoms with E-state index in [1.807, 2.05) is 30.3 Å². The fourth-order valence-electron chi connectivity index (χ4n) is 2.13. The van der Waals surface area contributed by atoms with Crippen molar-refractivity contribution < 1.29 is 14.7 Å². The molecule has 7 nitrogen and oxygen atoms in total.